The number of halogens is 2. The molecule has 0 spiro atoms. The van der Waals surface area contributed by atoms with E-state index >= 15 is 0 Å². The highest BCUT2D eigenvalue weighted by Crippen LogP contribution is 2.28. The first kappa shape index (κ1) is 24.7. The predicted octanol–water partition coefficient (Wildman–Crippen LogP) is 6.85. The maximum atomic E-state index is 13.2. The molecule has 1 N–H and O–H groups in total. The Morgan fingerprint density at radius 1 is 0.909 bits per heavy atom. The highest BCUT2D eigenvalue weighted by Gasteiger charge is 2.17. The Balaban J connectivity index is 1.80. The van der Waals surface area contributed by atoms with E-state index in [1.54, 1.807) is 31.3 Å². The van der Waals surface area contributed by atoms with Gasteiger partial charge < -0.3 is 19.7 Å². The molecule has 0 saturated heterocycles. The summed E-state index contributed by atoms with van der Waals surface area (Å²) in [7, 11) is 3.19. The van der Waals surface area contributed by atoms with Gasteiger partial charge in [-0.1, -0.05) is 54.4 Å². The second-order valence-electron chi connectivity index (χ2n) is 7.58. The van der Waals surface area contributed by atoms with Crippen LogP contribution in [-0.4, -0.2) is 31.7 Å². The second-order valence-corrected chi connectivity index (χ2v) is 8.42. The first-order valence-electron chi connectivity index (χ1n) is 10.7. The maximum absolute atomic E-state index is 13.2. The van der Waals surface area contributed by atoms with Gasteiger partial charge in [-0.05, 0) is 65.9 Å². The normalized spacial score (nSPS) is 10.6. The third-order valence-corrected chi connectivity index (χ3v) is 5.98. The van der Waals surface area contributed by atoms with Crippen LogP contribution < -0.4 is 14.8 Å². The zero-order valence-corrected chi connectivity index (χ0v) is 20.5. The Morgan fingerprint density at radius 3 is 2.24 bits per heavy atom. The molecule has 5 nitrogen and oxygen atoms in total. The van der Waals surface area contributed by atoms with Crippen LogP contribution in [0.2, 0.25) is 10.0 Å². The number of rotatable bonds is 9. The molecule has 0 atom stereocenters. The Morgan fingerprint density at radius 2 is 1.61 bits per heavy atom. The van der Waals surface area contributed by atoms with Crippen molar-refractivity contribution in [1.82, 2.24) is 4.90 Å². The van der Waals surface area contributed by atoms with E-state index in [9.17, 15) is 4.79 Å². The van der Waals surface area contributed by atoms with E-state index in [4.69, 9.17) is 32.7 Å². The highest BCUT2D eigenvalue weighted by atomic mass is 35.5. The van der Waals surface area contributed by atoms with Crippen molar-refractivity contribution >= 4 is 34.9 Å². The number of anilines is 1. The van der Waals surface area contributed by atoms with Gasteiger partial charge in [-0.2, -0.15) is 0 Å². The Hall–Kier alpha value is -2.89. The number of methoxy groups -OCH3 is 2. The van der Waals surface area contributed by atoms with E-state index in [-0.39, 0.29) is 6.03 Å². The molecule has 174 valence electrons. The van der Waals surface area contributed by atoms with Crippen LogP contribution in [0.4, 0.5) is 10.5 Å². The Labute approximate surface area is 205 Å². The minimum Gasteiger partial charge on any atom is -0.493 e. The SMILES string of the molecule is CCc1ccc(NC(=O)N(CCc2ccc(Cl)cc2Cl)Cc2ccc(OC)c(OC)c2)cc1. The highest BCUT2D eigenvalue weighted by molar-refractivity contribution is 6.35. The fraction of sp³-hybridized carbons (Fsp3) is 0.269. The van der Waals surface area contributed by atoms with Gasteiger partial charge >= 0.3 is 6.03 Å². The van der Waals surface area contributed by atoms with Crippen LogP contribution in [-0.2, 0) is 19.4 Å². The van der Waals surface area contributed by atoms with E-state index in [0.29, 0.717) is 41.1 Å². The average molecular weight is 487 g/mol. The lowest BCUT2D eigenvalue weighted by atomic mass is 10.1. The molecular weight excluding hydrogens is 459 g/mol. The van der Waals surface area contributed by atoms with Gasteiger partial charge in [-0.3, -0.25) is 0 Å². The number of urea groups is 1. The minimum absolute atomic E-state index is 0.195. The van der Waals surface area contributed by atoms with Crippen LogP contribution in [0.5, 0.6) is 11.5 Å². The van der Waals surface area contributed by atoms with Gasteiger partial charge in [0.25, 0.3) is 0 Å². The molecule has 3 rings (SSSR count). The summed E-state index contributed by atoms with van der Waals surface area (Å²) in [5.74, 6) is 1.26. The monoisotopic (exact) mass is 486 g/mol. The second kappa shape index (κ2) is 11.8. The topological polar surface area (TPSA) is 50.8 Å². The third kappa shape index (κ3) is 6.80. The molecule has 33 heavy (non-hydrogen) atoms. The largest absolute Gasteiger partial charge is 0.493 e. The summed E-state index contributed by atoms with van der Waals surface area (Å²) in [5, 5.41) is 4.17. The van der Waals surface area contributed by atoms with Gasteiger partial charge in [0.05, 0.1) is 14.2 Å². The van der Waals surface area contributed by atoms with Crippen molar-refractivity contribution in [2.45, 2.75) is 26.3 Å². The Bertz CT molecular complexity index is 1090. The van der Waals surface area contributed by atoms with Gasteiger partial charge in [0.1, 0.15) is 0 Å². The molecule has 0 aliphatic carbocycles. The fourth-order valence-corrected chi connectivity index (χ4v) is 3.96. The van der Waals surface area contributed by atoms with Crippen molar-refractivity contribution in [3.05, 3.63) is 87.4 Å². The molecule has 0 aromatic heterocycles. The molecule has 2 amide bonds. The zero-order valence-electron chi connectivity index (χ0n) is 19.0. The standard InChI is InChI=1S/C26H28Cl2N2O3/c1-4-18-5-10-22(11-6-18)29-26(31)30(14-13-20-8-9-21(27)16-23(20)28)17-19-7-12-24(32-2)25(15-19)33-3/h5-12,15-16H,4,13-14,17H2,1-3H3,(H,29,31). The molecule has 3 aromatic rings. The van der Waals surface area contributed by atoms with Crippen molar-refractivity contribution < 1.29 is 14.3 Å². The van der Waals surface area contributed by atoms with Crippen molar-refractivity contribution in [3.63, 3.8) is 0 Å². The quantitative estimate of drug-likeness (QED) is 0.359. The first-order chi connectivity index (χ1) is 15.9. The van der Waals surface area contributed by atoms with Crippen LogP contribution in [0.25, 0.3) is 0 Å². The van der Waals surface area contributed by atoms with E-state index in [0.717, 1.165) is 23.2 Å². The van der Waals surface area contributed by atoms with Gasteiger partial charge in [0, 0.05) is 28.8 Å². The zero-order chi connectivity index (χ0) is 23.8. The molecule has 0 aliphatic rings. The summed E-state index contributed by atoms with van der Waals surface area (Å²) >= 11 is 12.4. The summed E-state index contributed by atoms with van der Waals surface area (Å²) in [6.07, 6.45) is 1.53. The number of benzene rings is 3. The number of aryl methyl sites for hydroxylation is 1. The molecule has 0 unspecified atom stereocenters. The van der Waals surface area contributed by atoms with Crippen LogP contribution >= 0.6 is 23.2 Å². The molecular formula is C26H28Cl2N2O3. The number of hydrogen-bond acceptors (Lipinski definition) is 3. The molecule has 0 radical (unpaired) electrons. The number of nitrogens with zero attached hydrogens (tertiary/aromatic N) is 1. The van der Waals surface area contributed by atoms with E-state index in [2.05, 4.69) is 12.2 Å². The third-order valence-electron chi connectivity index (χ3n) is 5.39. The van der Waals surface area contributed by atoms with Crippen molar-refractivity contribution in [2.24, 2.45) is 0 Å². The van der Waals surface area contributed by atoms with E-state index in [1.807, 2.05) is 48.5 Å². The summed E-state index contributed by atoms with van der Waals surface area (Å²) < 4.78 is 10.7. The number of nitrogens with one attached hydrogen (secondary N) is 1. The van der Waals surface area contributed by atoms with Gasteiger partial charge in [0.15, 0.2) is 11.5 Å². The maximum Gasteiger partial charge on any atom is 0.322 e. The number of hydrogen-bond donors (Lipinski definition) is 1. The molecule has 7 heteroatoms. The number of ether oxygens (including phenoxy) is 2. The van der Waals surface area contributed by atoms with Crippen LogP contribution in [0.1, 0.15) is 23.6 Å². The number of amides is 2. The van der Waals surface area contributed by atoms with Gasteiger partial charge in [-0.25, -0.2) is 4.79 Å². The van der Waals surface area contributed by atoms with E-state index < -0.39 is 0 Å². The lowest BCUT2D eigenvalue weighted by Gasteiger charge is -2.24. The van der Waals surface area contributed by atoms with Gasteiger partial charge in [-0.15, -0.1) is 0 Å². The first-order valence-corrected chi connectivity index (χ1v) is 11.5. The molecule has 0 aliphatic heterocycles. The van der Waals surface area contributed by atoms with Crippen LogP contribution in [0, 0.1) is 0 Å². The molecule has 0 heterocycles. The van der Waals surface area contributed by atoms with E-state index in [1.165, 1.54) is 5.56 Å². The predicted molar refractivity (Wildman–Crippen MR) is 135 cm³/mol. The van der Waals surface area contributed by atoms with Crippen LogP contribution in [0.15, 0.2) is 60.7 Å². The smallest absolute Gasteiger partial charge is 0.322 e. The van der Waals surface area contributed by atoms with Crippen molar-refractivity contribution in [2.75, 3.05) is 26.1 Å². The number of carbonyl (C=O) groups excluding carboxylic acids is 1. The average Bonchev–Trinajstić information content (AvgIpc) is 2.82. The molecule has 0 saturated carbocycles. The summed E-state index contributed by atoms with van der Waals surface area (Å²) in [6, 6.07) is 18.7. The summed E-state index contributed by atoms with van der Waals surface area (Å²) in [4.78, 5) is 15.0. The molecule has 0 fully saturated rings. The molecule has 0 bridgehead atoms. The minimum atomic E-state index is -0.195. The lowest BCUT2D eigenvalue weighted by Crippen LogP contribution is -2.36. The van der Waals surface area contributed by atoms with Crippen molar-refractivity contribution in [1.29, 1.82) is 0 Å². The lowest BCUT2D eigenvalue weighted by molar-refractivity contribution is 0.209. The number of carbonyl (C=O) groups is 1. The van der Waals surface area contributed by atoms with Gasteiger partial charge in [0.2, 0.25) is 0 Å². The van der Waals surface area contributed by atoms with Crippen LogP contribution in [0.3, 0.4) is 0 Å². The summed E-state index contributed by atoms with van der Waals surface area (Å²) in [5.41, 5.74) is 3.82. The fourth-order valence-electron chi connectivity index (χ4n) is 3.46. The molecule has 3 aromatic carbocycles. The summed E-state index contributed by atoms with van der Waals surface area (Å²) in [6.45, 7) is 2.96. The van der Waals surface area contributed by atoms with Crippen molar-refractivity contribution in [3.8, 4) is 11.5 Å². The Kier molecular flexibility index (Phi) is 8.87.